The van der Waals surface area contributed by atoms with E-state index in [-0.39, 0.29) is 11.8 Å². The van der Waals surface area contributed by atoms with Crippen molar-refractivity contribution in [1.29, 1.82) is 0 Å². The minimum absolute atomic E-state index is 0.178. The molecule has 1 fully saturated rings. The second kappa shape index (κ2) is 5.85. The molecule has 1 aromatic rings. The van der Waals surface area contributed by atoms with Crippen LogP contribution >= 0.6 is 0 Å². The van der Waals surface area contributed by atoms with Gasteiger partial charge in [0.2, 0.25) is 0 Å². The van der Waals surface area contributed by atoms with Crippen LogP contribution in [0.3, 0.4) is 0 Å². The molecule has 1 aromatic carbocycles. The highest BCUT2D eigenvalue weighted by Gasteiger charge is 2.19. The fourth-order valence-corrected chi connectivity index (χ4v) is 3.00. The topological polar surface area (TPSA) is 38.3 Å². The zero-order valence-corrected chi connectivity index (χ0v) is 11.3. The Morgan fingerprint density at radius 3 is 2.89 bits per heavy atom. The van der Waals surface area contributed by atoms with Gasteiger partial charge in [0, 0.05) is 24.6 Å². The predicted molar refractivity (Wildman–Crippen MR) is 74.6 cm³/mol. The molecule has 0 aromatic heterocycles. The summed E-state index contributed by atoms with van der Waals surface area (Å²) in [5, 5.41) is 3.34. The Bertz CT molecular complexity index is 464. The van der Waals surface area contributed by atoms with Crippen LogP contribution in [0.25, 0.3) is 0 Å². The summed E-state index contributed by atoms with van der Waals surface area (Å²) < 4.78 is 5.39. The van der Waals surface area contributed by atoms with E-state index in [9.17, 15) is 4.79 Å². The van der Waals surface area contributed by atoms with Crippen LogP contribution in [-0.4, -0.2) is 31.6 Å². The van der Waals surface area contributed by atoms with Crippen molar-refractivity contribution in [3.63, 3.8) is 0 Å². The molecule has 2 aliphatic rings. The molecule has 3 nitrogen and oxygen atoms in total. The minimum Gasteiger partial charge on any atom is -0.378 e. The predicted octanol–water partition coefficient (Wildman–Crippen LogP) is 2.13. The Morgan fingerprint density at radius 1 is 1.26 bits per heavy atom. The number of morpholine rings is 1. The third kappa shape index (κ3) is 3.04. The van der Waals surface area contributed by atoms with Crippen molar-refractivity contribution in [2.75, 3.05) is 19.8 Å². The number of fused-ring (bicyclic) bond motifs is 1. The van der Waals surface area contributed by atoms with Gasteiger partial charge < -0.3 is 10.1 Å². The normalized spacial score (nSPS) is 22.8. The summed E-state index contributed by atoms with van der Waals surface area (Å²) in [6.07, 6.45) is 5.37. The van der Waals surface area contributed by atoms with Gasteiger partial charge in [-0.3, -0.25) is 4.79 Å². The molecule has 0 amide bonds. The second-order valence-corrected chi connectivity index (χ2v) is 5.54. The number of hydrogen-bond acceptors (Lipinski definition) is 3. The smallest absolute Gasteiger partial charge is 0.164 e. The molecule has 1 N–H and O–H groups in total. The summed E-state index contributed by atoms with van der Waals surface area (Å²) in [6, 6.07) is 6.43. The highest BCUT2D eigenvalue weighted by Crippen LogP contribution is 2.23. The van der Waals surface area contributed by atoms with Crippen LogP contribution in [0.1, 0.15) is 40.7 Å². The number of aryl methyl sites for hydroxylation is 2. The summed E-state index contributed by atoms with van der Waals surface area (Å²) in [6.45, 7) is 2.25. The van der Waals surface area contributed by atoms with Crippen molar-refractivity contribution < 1.29 is 9.53 Å². The second-order valence-electron chi connectivity index (χ2n) is 5.54. The number of Topliss-reactive ketones (excluding diaryl/α,β-unsaturated/α-hetero) is 1. The number of carbonyl (C=O) groups is 1. The average molecular weight is 259 g/mol. The number of ether oxygens (including phenoxy) is 1. The zero-order chi connectivity index (χ0) is 13.1. The Labute approximate surface area is 114 Å². The van der Waals surface area contributed by atoms with Gasteiger partial charge in [-0.2, -0.15) is 0 Å². The standard InChI is InChI=1S/C16H21NO2/c18-16(10-15-11-19-8-7-17-15)14-6-5-12-3-1-2-4-13(12)9-14/h5-6,9,15,17H,1-4,7-8,10-11H2. The highest BCUT2D eigenvalue weighted by atomic mass is 16.5. The van der Waals surface area contributed by atoms with Crippen molar-refractivity contribution in [2.24, 2.45) is 0 Å². The molecular formula is C16H21NO2. The van der Waals surface area contributed by atoms with Gasteiger partial charge in [0.15, 0.2) is 5.78 Å². The summed E-state index contributed by atoms with van der Waals surface area (Å²) >= 11 is 0. The minimum atomic E-state index is 0.178. The number of benzene rings is 1. The van der Waals surface area contributed by atoms with Crippen molar-refractivity contribution >= 4 is 5.78 Å². The molecule has 3 rings (SSSR count). The summed E-state index contributed by atoms with van der Waals surface area (Å²) in [4.78, 5) is 12.3. The van der Waals surface area contributed by atoms with Crippen LogP contribution in [0.15, 0.2) is 18.2 Å². The molecule has 1 aliphatic carbocycles. The van der Waals surface area contributed by atoms with E-state index in [0.717, 1.165) is 25.1 Å². The lowest BCUT2D eigenvalue weighted by Crippen LogP contribution is -2.42. The van der Waals surface area contributed by atoms with E-state index in [1.54, 1.807) is 0 Å². The summed E-state index contributed by atoms with van der Waals surface area (Å²) in [5.41, 5.74) is 3.68. The van der Waals surface area contributed by atoms with Crippen molar-refractivity contribution in [3.8, 4) is 0 Å². The van der Waals surface area contributed by atoms with Crippen LogP contribution < -0.4 is 5.32 Å². The Hall–Kier alpha value is -1.19. The van der Waals surface area contributed by atoms with Crippen molar-refractivity contribution in [3.05, 3.63) is 34.9 Å². The maximum Gasteiger partial charge on any atom is 0.164 e. The number of carbonyl (C=O) groups excluding carboxylic acids is 1. The first-order valence-corrected chi connectivity index (χ1v) is 7.29. The van der Waals surface area contributed by atoms with E-state index < -0.39 is 0 Å². The van der Waals surface area contributed by atoms with E-state index in [1.807, 2.05) is 6.07 Å². The molecule has 102 valence electrons. The zero-order valence-electron chi connectivity index (χ0n) is 11.3. The molecule has 1 saturated heterocycles. The number of nitrogens with one attached hydrogen (secondary N) is 1. The lowest BCUT2D eigenvalue weighted by molar-refractivity contribution is 0.0676. The highest BCUT2D eigenvalue weighted by molar-refractivity contribution is 5.96. The third-order valence-electron chi connectivity index (χ3n) is 4.10. The van der Waals surface area contributed by atoms with E-state index in [4.69, 9.17) is 4.74 Å². The maximum absolute atomic E-state index is 12.3. The monoisotopic (exact) mass is 259 g/mol. The van der Waals surface area contributed by atoms with Crippen LogP contribution in [0.2, 0.25) is 0 Å². The largest absolute Gasteiger partial charge is 0.378 e. The lowest BCUT2D eigenvalue weighted by atomic mass is 9.89. The van der Waals surface area contributed by atoms with E-state index >= 15 is 0 Å². The SMILES string of the molecule is O=C(CC1COCCN1)c1ccc2c(c1)CCCC2. The lowest BCUT2D eigenvalue weighted by Gasteiger charge is -2.23. The fourth-order valence-electron chi connectivity index (χ4n) is 3.00. The van der Waals surface area contributed by atoms with E-state index in [2.05, 4.69) is 17.4 Å². The number of rotatable bonds is 3. The first-order valence-electron chi connectivity index (χ1n) is 7.29. The Kier molecular flexibility index (Phi) is 3.95. The van der Waals surface area contributed by atoms with Crippen LogP contribution in [0.5, 0.6) is 0 Å². The average Bonchev–Trinajstić information content (AvgIpc) is 2.48. The van der Waals surface area contributed by atoms with Gasteiger partial charge in [0.25, 0.3) is 0 Å². The fraction of sp³-hybridized carbons (Fsp3) is 0.562. The van der Waals surface area contributed by atoms with E-state index in [0.29, 0.717) is 13.0 Å². The quantitative estimate of drug-likeness (QED) is 0.845. The molecule has 1 unspecified atom stereocenters. The van der Waals surface area contributed by atoms with Gasteiger partial charge in [-0.25, -0.2) is 0 Å². The Balaban J connectivity index is 1.69. The van der Waals surface area contributed by atoms with Crippen molar-refractivity contribution in [2.45, 2.75) is 38.1 Å². The van der Waals surface area contributed by atoms with Gasteiger partial charge in [-0.05, 0) is 42.9 Å². The van der Waals surface area contributed by atoms with Gasteiger partial charge >= 0.3 is 0 Å². The summed E-state index contributed by atoms with van der Waals surface area (Å²) in [7, 11) is 0. The maximum atomic E-state index is 12.3. The molecule has 1 atom stereocenters. The van der Waals surface area contributed by atoms with Gasteiger partial charge in [0.05, 0.1) is 13.2 Å². The van der Waals surface area contributed by atoms with Crippen LogP contribution in [0.4, 0.5) is 0 Å². The first-order chi connectivity index (χ1) is 9.33. The van der Waals surface area contributed by atoms with E-state index in [1.165, 1.54) is 30.4 Å². The van der Waals surface area contributed by atoms with Crippen LogP contribution in [0, 0.1) is 0 Å². The molecule has 1 heterocycles. The first kappa shape index (κ1) is 12.8. The number of ketones is 1. The molecular weight excluding hydrogens is 238 g/mol. The van der Waals surface area contributed by atoms with Gasteiger partial charge in [0.1, 0.15) is 0 Å². The third-order valence-corrected chi connectivity index (χ3v) is 4.10. The van der Waals surface area contributed by atoms with Crippen molar-refractivity contribution in [1.82, 2.24) is 5.32 Å². The number of hydrogen-bond donors (Lipinski definition) is 1. The molecule has 0 saturated carbocycles. The molecule has 0 bridgehead atoms. The van der Waals surface area contributed by atoms with Crippen LogP contribution in [-0.2, 0) is 17.6 Å². The molecule has 0 radical (unpaired) electrons. The molecule has 3 heteroatoms. The van der Waals surface area contributed by atoms with Gasteiger partial charge in [-0.1, -0.05) is 12.1 Å². The molecule has 19 heavy (non-hydrogen) atoms. The summed E-state index contributed by atoms with van der Waals surface area (Å²) in [5.74, 6) is 0.233. The Morgan fingerprint density at radius 2 is 2.11 bits per heavy atom. The molecule has 1 aliphatic heterocycles. The van der Waals surface area contributed by atoms with Gasteiger partial charge in [-0.15, -0.1) is 0 Å². The molecule has 0 spiro atoms.